The fourth-order valence-corrected chi connectivity index (χ4v) is 2.66. The van der Waals surface area contributed by atoms with E-state index < -0.39 is 5.82 Å². The molecule has 21 heavy (non-hydrogen) atoms. The number of halogens is 2. The van der Waals surface area contributed by atoms with Crippen LogP contribution >= 0.6 is 0 Å². The van der Waals surface area contributed by atoms with Crippen LogP contribution in [-0.4, -0.2) is 11.8 Å². The van der Waals surface area contributed by atoms with Gasteiger partial charge in [0.05, 0.1) is 5.56 Å². The van der Waals surface area contributed by atoms with Crippen LogP contribution in [0.25, 0.3) is 0 Å². The summed E-state index contributed by atoms with van der Waals surface area (Å²) in [6.45, 7) is 1.35. The Bertz CT molecular complexity index is 699. The third-order valence-corrected chi connectivity index (χ3v) is 3.77. The summed E-state index contributed by atoms with van der Waals surface area (Å²) in [5.74, 6) is -0.883. The molecule has 4 heteroatoms. The van der Waals surface area contributed by atoms with Crippen molar-refractivity contribution in [3.05, 3.63) is 65.2 Å². The predicted octanol–water partition coefficient (Wildman–Crippen LogP) is 4.14. The van der Waals surface area contributed by atoms with Gasteiger partial charge < -0.3 is 5.32 Å². The number of anilines is 1. The zero-order valence-electron chi connectivity index (χ0n) is 11.6. The van der Waals surface area contributed by atoms with Crippen LogP contribution in [0.15, 0.2) is 42.5 Å². The van der Waals surface area contributed by atoms with Crippen molar-refractivity contribution in [2.24, 2.45) is 0 Å². The summed E-state index contributed by atoms with van der Waals surface area (Å²) in [4.78, 5) is 11.6. The zero-order valence-corrected chi connectivity index (χ0v) is 11.6. The molecule has 0 amide bonds. The number of hydrogen-bond donors (Lipinski definition) is 1. The maximum atomic E-state index is 13.7. The van der Waals surface area contributed by atoms with Crippen molar-refractivity contribution in [2.45, 2.75) is 25.3 Å². The van der Waals surface area contributed by atoms with Gasteiger partial charge in [0.2, 0.25) is 0 Å². The number of hydrogen-bond acceptors (Lipinski definition) is 2. The first-order valence-electron chi connectivity index (χ1n) is 6.87. The minimum absolute atomic E-state index is 0.0855. The van der Waals surface area contributed by atoms with E-state index in [2.05, 4.69) is 5.32 Å². The van der Waals surface area contributed by atoms with Crippen molar-refractivity contribution in [1.29, 1.82) is 0 Å². The number of ketones is 1. The molecule has 0 bridgehead atoms. The molecule has 0 aliphatic heterocycles. The van der Waals surface area contributed by atoms with Crippen LogP contribution < -0.4 is 5.32 Å². The number of nitrogens with one attached hydrogen (secondary N) is 1. The fourth-order valence-electron chi connectivity index (χ4n) is 2.66. The van der Waals surface area contributed by atoms with Crippen molar-refractivity contribution >= 4 is 11.5 Å². The van der Waals surface area contributed by atoms with Gasteiger partial charge in [-0.3, -0.25) is 4.79 Å². The Hall–Kier alpha value is -2.23. The summed E-state index contributed by atoms with van der Waals surface area (Å²) in [6, 6.07) is 11.1. The zero-order chi connectivity index (χ0) is 15.0. The van der Waals surface area contributed by atoms with Gasteiger partial charge in [-0.05, 0) is 43.2 Å². The Kier molecular flexibility index (Phi) is 3.45. The molecule has 2 atom stereocenters. The van der Waals surface area contributed by atoms with Gasteiger partial charge in [-0.25, -0.2) is 8.78 Å². The summed E-state index contributed by atoms with van der Waals surface area (Å²) in [6.07, 6.45) is 0.845. The van der Waals surface area contributed by atoms with Crippen molar-refractivity contribution in [3.8, 4) is 0 Å². The maximum absolute atomic E-state index is 13.7. The molecule has 1 aliphatic carbocycles. The molecule has 0 unspecified atom stereocenters. The molecule has 1 aliphatic rings. The quantitative estimate of drug-likeness (QED) is 0.856. The Labute approximate surface area is 121 Å². The molecule has 108 valence electrons. The van der Waals surface area contributed by atoms with E-state index in [0.29, 0.717) is 5.69 Å². The molecule has 0 radical (unpaired) electrons. The van der Waals surface area contributed by atoms with Crippen LogP contribution in [-0.2, 0) is 0 Å². The SMILES string of the molecule is CC(=O)c1c(F)cccc1N[C@@H]1C[C@H]1c1cccc(F)c1. The van der Waals surface area contributed by atoms with Crippen LogP contribution in [0.3, 0.4) is 0 Å². The third-order valence-electron chi connectivity index (χ3n) is 3.77. The predicted molar refractivity (Wildman–Crippen MR) is 77.6 cm³/mol. The van der Waals surface area contributed by atoms with Gasteiger partial charge in [-0.1, -0.05) is 18.2 Å². The van der Waals surface area contributed by atoms with Gasteiger partial charge in [0.15, 0.2) is 5.78 Å². The Morgan fingerprint density at radius 1 is 1.19 bits per heavy atom. The van der Waals surface area contributed by atoms with Gasteiger partial charge in [0.1, 0.15) is 11.6 Å². The number of benzene rings is 2. The summed E-state index contributed by atoms with van der Waals surface area (Å²) < 4.78 is 27.0. The highest BCUT2D eigenvalue weighted by atomic mass is 19.1. The van der Waals surface area contributed by atoms with E-state index in [1.807, 2.05) is 6.07 Å². The lowest BCUT2D eigenvalue weighted by Crippen LogP contribution is -2.10. The second kappa shape index (κ2) is 5.28. The minimum Gasteiger partial charge on any atom is -0.381 e. The maximum Gasteiger partial charge on any atom is 0.164 e. The molecular weight excluding hydrogens is 272 g/mol. The lowest BCUT2D eigenvalue weighted by atomic mass is 10.1. The van der Waals surface area contributed by atoms with Crippen molar-refractivity contribution in [3.63, 3.8) is 0 Å². The first-order valence-corrected chi connectivity index (χ1v) is 6.87. The van der Waals surface area contributed by atoms with Crippen LogP contribution in [0.2, 0.25) is 0 Å². The molecule has 1 saturated carbocycles. The van der Waals surface area contributed by atoms with Gasteiger partial charge in [-0.15, -0.1) is 0 Å². The molecule has 0 aromatic heterocycles. The van der Waals surface area contributed by atoms with Crippen LogP contribution in [0.1, 0.15) is 35.2 Å². The molecule has 1 fully saturated rings. The second-order valence-electron chi connectivity index (χ2n) is 5.37. The molecule has 0 spiro atoms. The standard InChI is InChI=1S/C17H15F2NO/c1-10(21)17-14(19)6-3-7-15(17)20-16-9-13(16)11-4-2-5-12(18)8-11/h2-8,13,16,20H,9H2,1H3/t13-,16+/m0/s1. The lowest BCUT2D eigenvalue weighted by molar-refractivity contribution is 0.101. The number of rotatable bonds is 4. The van der Waals surface area contributed by atoms with E-state index in [4.69, 9.17) is 0 Å². The van der Waals surface area contributed by atoms with Crippen molar-refractivity contribution in [2.75, 3.05) is 5.32 Å². The molecular formula is C17H15F2NO. The van der Waals surface area contributed by atoms with Crippen LogP contribution in [0.4, 0.5) is 14.5 Å². The van der Waals surface area contributed by atoms with E-state index in [0.717, 1.165) is 12.0 Å². The first kappa shape index (κ1) is 13.7. The molecule has 2 nitrogen and oxygen atoms in total. The van der Waals surface area contributed by atoms with E-state index in [9.17, 15) is 13.6 Å². The van der Waals surface area contributed by atoms with E-state index >= 15 is 0 Å². The number of carbonyl (C=O) groups excluding carboxylic acids is 1. The number of carbonyl (C=O) groups is 1. The largest absolute Gasteiger partial charge is 0.381 e. The average Bonchev–Trinajstić information content (AvgIpc) is 3.17. The average molecular weight is 287 g/mol. The highest BCUT2D eigenvalue weighted by Gasteiger charge is 2.39. The highest BCUT2D eigenvalue weighted by molar-refractivity contribution is 5.99. The molecule has 3 rings (SSSR count). The van der Waals surface area contributed by atoms with Gasteiger partial charge in [0, 0.05) is 17.6 Å². The second-order valence-corrected chi connectivity index (χ2v) is 5.37. The number of Topliss-reactive ketones (excluding diaryl/α,β-unsaturated/α-hetero) is 1. The van der Waals surface area contributed by atoms with E-state index in [1.54, 1.807) is 18.2 Å². The van der Waals surface area contributed by atoms with Gasteiger partial charge in [-0.2, -0.15) is 0 Å². The monoisotopic (exact) mass is 287 g/mol. The molecule has 0 heterocycles. The summed E-state index contributed by atoms with van der Waals surface area (Å²) in [5, 5.41) is 3.19. The van der Waals surface area contributed by atoms with Crippen LogP contribution in [0, 0.1) is 11.6 Å². The van der Waals surface area contributed by atoms with E-state index in [-0.39, 0.29) is 29.1 Å². The van der Waals surface area contributed by atoms with Crippen LogP contribution in [0.5, 0.6) is 0 Å². The van der Waals surface area contributed by atoms with Crippen molar-refractivity contribution in [1.82, 2.24) is 0 Å². The Morgan fingerprint density at radius 2 is 1.95 bits per heavy atom. The highest BCUT2D eigenvalue weighted by Crippen LogP contribution is 2.43. The smallest absolute Gasteiger partial charge is 0.164 e. The molecule has 2 aromatic rings. The fraction of sp³-hybridized carbons (Fsp3) is 0.235. The molecule has 2 aromatic carbocycles. The van der Waals surface area contributed by atoms with Gasteiger partial charge in [0.25, 0.3) is 0 Å². The molecule has 0 saturated heterocycles. The molecule has 1 N–H and O–H groups in total. The van der Waals surface area contributed by atoms with E-state index in [1.165, 1.54) is 25.1 Å². The van der Waals surface area contributed by atoms with Gasteiger partial charge >= 0.3 is 0 Å². The first-order chi connectivity index (χ1) is 10.1. The summed E-state index contributed by atoms with van der Waals surface area (Å²) >= 11 is 0. The lowest BCUT2D eigenvalue weighted by Gasteiger charge is -2.11. The third kappa shape index (κ3) is 2.79. The normalized spacial score (nSPS) is 20.1. The summed E-state index contributed by atoms with van der Waals surface area (Å²) in [7, 11) is 0. The van der Waals surface area contributed by atoms with Crippen molar-refractivity contribution < 1.29 is 13.6 Å². The topological polar surface area (TPSA) is 29.1 Å². The Balaban J connectivity index is 1.78. The summed E-state index contributed by atoms with van der Waals surface area (Å²) in [5.41, 5.74) is 1.52. The Morgan fingerprint density at radius 3 is 2.67 bits per heavy atom. The minimum atomic E-state index is -0.518.